The molecule has 0 radical (unpaired) electrons. The molecule has 58 heavy (non-hydrogen) atoms. The molecule has 1 aliphatic heterocycles. The number of phosphoric ester groups is 2. The van der Waals surface area contributed by atoms with E-state index in [4.69, 9.17) is 28.5 Å². The summed E-state index contributed by atoms with van der Waals surface area (Å²) in [6.07, 6.45) is 35.5. The Morgan fingerprint density at radius 3 is 1.79 bits per heavy atom. The van der Waals surface area contributed by atoms with E-state index in [0.717, 1.165) is 64.2 Å². The minimum Gasteiger partial charge on any atom is -0.462 e. The van der Waals surface area contributed by atoms with Crippen molar-refractivity contribution in [3.05, 3.63) is 48.6 Å². The molecule has 1 saturated heterocycles. The molecule has 0 aromatic rings. The van der Waals surface area contributed by atoms with Crippen molar-refractivity contribution in [3.8, 4) is 0 Å². The third kappa shape index (κ3) is 34.9. The molecule has 336 valence electrons. The average Bonchev–Trinajstić information content (AvgIpc) is 3.93. The van der Waals surface area contributed by atoms with Crippen LogP contribution in [0.2, 0.25) is 0 Å². The quantitative estimate of drug-likeness (QED) is 0.0149. The molecule has 0 bridgehead atoms. The number of phosphoric acid groups is 2. The van der Waals surface area contributed by atoms with Crippen LogP contribution in [0.15, 0.2) is 48.6 Å². The maximum atomic E-state index is 12.7. The van der Waals surface area contributed by atoms with Gasteiger partial charge in [0.2, 0.25) is 0 Å². The highest BCUT2D eigenvalue weighted by atomic mass is 31.2. The Kier molecular flexibility index (Phi) is 32.4. The monoisotopic (exact) mass is 864 g/mol. The first-order valence-electron chi connectivity index (χ1n) is 21.5. The zero-order chi connectivity index (χ0) is 42.7. The molecule has 1 aliphatic rings. The van der Waals surface area contributed by atoms with E-state index in [1.807, 2.05) is 0 Å². The van der Waals surface area contributed by atoms with E-state index in [-0.39, 0.29) is 25.0 Å². The third-order valence-electron chi connectivity index (χ3n) is 9.10. The first-order valence-corrected chi connectivity index (χ1v) is 24.5. The van der Waals surface area contributed by atoms with E-state index in [2.05, 4.69) is 71.5 Å². The Balaban J connectivity index is 2.43. The van der Waals surface area contributed by atoms with Crippen molar-refractivity contribution in [1.29, 1.82) is 0 Å². The van der Waals surface area contributed by atoms with E-state index in [0.29, 0.717) is 19.3 Å². The zero-order valence-corrected chi connectivity index (χ0v) is 36.9. The molecule has 5 atom stereocenters. The zero-order valence-electron chi connectivity index (χ0n) is 35.1. The lowest BCUT2D eigenvalue weighted by Crippen LogP contribution is -2.30. The number of hydrogen-bond donors (Lipinski definition) is 4. The van der Waals surface area contributed by atoms with Crippen molar-refractivity contribution >= 4 is 27.6 Å². The predicted molar refractivity (Wildman–Crippen MR) is 225 cm³/mol. The molecule has 0 amide bonds. The number of allylic oxidation sites excluding steroid dienone is 7. The topological polar surface area (TPSA) is 208 Å². The number of esters is 2. The fourth-order valence-corrected chi connectivity index (χ4v) is 6.88. The maximum Gasteiger partial charge on any atom is 0.472 e. The van der Waals surface area contributed by atoms with Gasteiger partial charge in [0.1, 0.15) is 12.7 Å². The number of aliphatic hydroxyl groups excluding tert-OH is 1. The summed E-state index contributed by atoms with van der Waals surface area (Å²) in [4.78, 5) is 52.7. The Morgan fingerprint density at radius 2 is 1.12 bits per heavy atom. The van der Waals surface area contributed by atoms with Gasteiger partial charge in [-0.3, -0.25) is 23.2 Å². The van der Waals surface area contributed by atoms with Gasteiger partial charge >= 0.3 is 27.6 Å². The van der Waals surface area contributed by atoms with E-state index in [1.54, 1.807) is 0 Å². The number of epoxide rings is 1. The molecule has 3 unspecified atom stereocenters. The van der Waals surface area contributed by atoms with Crippen LogP contribution in [-0.4, -0.2) is 82.6 Å². The number of hydrogen-bond acceptors (Lipinski definition) is 11. The van der Waals surface area contributed by atoms with Gasteiger partial charge in [-0.05, 0) is 77.0 Å². The fourth-order valence-electron chi connectivity index (χ4n) is 5.72. The van der Waals surface area contributed by atoms with Gasteiger partial charge < -0.3 is 34.0 Å². The first kappa shape index (κ1) is 54.1. The molecule has 0 saturated carbocycles. The van der Waals surface area contributed by atoms with E-state index in [9.17, 15) is 28.7 Å². The van der Waals surface area contributed by atoms with Crippen LogP contribution in [0.3, 0.4) is 0 Å². The average molecular weight is 865 g/mol. The molecule has 0 aliphatic carbocycles. The summed E-state index contributed by atoms with van der Waals surface area (Å²) in [5.41, 5.74) is 0. The van der Waals surface area contributed by atoms with Gasteiger partial charge in [0.25, 0.3) is 0 Å². The molecule has 4 N–H and O–H groups in total. The lowest BCUT2D eigenvalue weighted by atomic mass is 10.1. The van der Waals surface area contributed by atoms with Crippen LogP contribution < -0.4 is 0 Å². The Morgan fingerprint density at radius 1 is 0.603 bits per heavy atom. The first-order chi connectivity index (χ1) is 27.8. The molecule has 0 aromatic heterocycles. The highest BCUT2D eigenvalue weighted by Gasteiger charge is 2.36. The standard InChI is InChI=1S/C42H74O14P2/c1-3-5-7-9-11-13-15-17-19-21-23-25-27-31-42(45)55-38(36-54-58(49,50)53-34-37(43)33-52-57(46,47)48)35-51-41(44)32-28-30-40-39(56-40)29-26-24-22-20-18-16-14-12-10-8-6-4-2/h12-15,18,20,24,26,37-40,43H,3-11,16-17,19,21-23,25,27-36H2,1-2H3,(H,49,50)(H2,46,47,48)/b14-12-,15-13-,20-18-,26-24-/t37-,38+,39?,40?/m0/s1. The van der Waals surface area contributed by atoms with Crippen molar-refractivity contribution in [2.45, 2.75) is 180 Å². The molecule has 16 heteroatoms. The molecule has 1 heterocycles. The van der Waals surface area contributed by atoms with Gasteiger partial charge in [-0.25, -0.2) is 9.13 Å². The Hall–Kier alpha value is -1.96. The summed E-state index contributed by atoms with van der Waals surface area (Å²) in [6, 6.07) is 0. The molecule has 1 rings (SSSR count). The van der Waals surface area contributed by atoms with Crippen molar-refractivity contribution in [2.24, 2.45) is 0 Å². The second-order valence-corrected chi connectivity index (χ2v) is 17.3. The summed E-state index contributed by atoms with van der Waals surface area (Å²) in [5.74, 6) is -1.12. The Labute approximate surface area is 347 Å². The van der Waals surface area contributed by atoms with Gasteiger partial charge in [0.15, 0.2) is 6.10 Å². The largest absolute Gasteiger partial charge is 0.472 e. The minimum atomic E-state index is -4.87. The number of ether oxygens (including phenoxy) is 3. The molecular weight excluding hydrogens is 790 g/mol. The second-order valence-electron chi connectivity index (χ2n) is 14.6. The van der Waals surface area contributed by atoms with Gasteiger partial charge in [-0.2, -0.15) is 0 Å². The SMILES string of the molecule is CCCCC/C=C\C/C=C\C/C=C\CC1OC1CCCC(=O)OC[C@H](COP(=O)(O)OC[C@@H](O)COP(=O)(O)O)OC(=O)CCCCCCC/C=C\CCCCCC. The minimum absolute atomic E-state index is 0.0791. The van der Waals surface area contributed by atoms with Gasteiger partial charge in [-0.1, -0.05) is 114 Å². The second kappa shape index (κ2) is 34.7. The van der Waals surface area contributed by atoms with Crippen LogP contribution in [-0.2, 0) is 46.5 Å². The van der Waals surface area contributed by atoms with Gasteiger partial charge in [0, 0.05) is 12.8 Å². The number of carbonyl (C=O) groups excluding carboxylic acids is 2. The number of aliphatic hydroxyl groups is 1. The maximum absolute atomic E-state index is 12.7. The van der Waals surface area contributed by atoms with Crippen LogP contribution >= 0.6 is 15.6 Å². The number of carbonyl (C=O) groups is 2. The van der Waals surface area contributed by atoms with Crippen LogP contribution in [0.5, 0.6) is 0 Å². The van der Waals surface area contributed by atoms with E-state index < -0.39 is 66.2 Å². The molecule has 14 nitrogen and oxygen atoms in total. The highest BCUT2D eigenvalue weighted by Crippen LogP contribution is 2.44. The van der Waals surface area contributed by atoms with Gasteiger partial charge in [0.05, 0.1) is 32.0 Å². The fraction of sp³-hybridized carbons (Fsp3) is 0.762. The van der Waals surface area contributed by atoms with E-state index >= 15 is 0 Å². The van der Waals surface area contributed by atoms with Crippen molar-refractivity contribution in [3.63, 3.8) is 0 Å². The van der Waals surface area contributed by atoms with Crippen LogP contribution in [0, 0.1) is 0 Å². The third-order valence-corrected chi connectivity index (χ3v) is 10.5. The van der Waals surface area contributed by atoms with E-state index in [1.165, 1.54) is 44.9 Å². The molecule has 0 aromatic carbocycles. The predicted octanol–water partition coefficient (Wildman–Crippen LogP) is 9.66. The Bertz CT molecular complexity index is 1280. The summed E-state index contributed by atoms with van der Waals surface area (Å²) >= 11 is 0. The number of rotatable bonds is 39. The van der Waals surface area contributed by atoms with Crippen LogP contribution in [0.4, 0.5) is 0 Å². The van der Waals surface area contributed by atoms with Crippen molar-refractivity contribution in [2.75, 3.05) is 26.4 Å². The lowest BCUT2D eigenvalue weighted by molar-refractivity contribution is -0.161. The summed E-state index contributed by atoms with van der Waals surface area (Å²) in [7, 11) is -9.70. The normalized spacial score (nSPS) is 18.0. The molecular formula is C42H74O14P2. The lowest BCUT2D eigenvalue weighted by Gasteiger charge is -2.20. The summed E-state index contributed by atoms with van der Waals surface area (Å²) in [6.45, 7) is 1.61. The van der Waals surface area contributed by atoms with Crippen molar-refractivity contribution < 1.29 is 66.3 Å². The summed E-state index contributed by atoms with van der Waals surface area (Å²) in [5, 5.41) is 9.74. The smallest absolute Gasteiger partial charge is 0.462 e. The van der Waals surface area contributed by atoms with Crippen LogP contribution in [0.25, 0.3) is 0 Å². The van der Waals surface area contributed by atoms with Crippen LogP contribution in [0.1, 0.15) is 155 Å². The van der Waals surface area contributed by atoms with Crippen molar-refractivity contribution in [1.82, 2.24) is 0 Å². The number of unbranched alkanes of at least 4 members (excludes halogenated alkanes) is 12. The summed E-state index contributed by atoms with van der Waals surface area (Å²) < 4.78 is 53.5. The highest BCUT2D eigenvalue weighted by molar-refractivity contribution is 7.47. The molecule has 1 fully saturated rings. The molecule has 0 spiro atoms. The van der Waals surface area contributed by atoms with Gasteiger partial charge in [-0.15, -0.1) is 0 Å².